The van der Waals surface area contributed by atoms with Crippen LogP contribution in [-0.4, -0.2) is 11.2 Å². The molecule has 0 radical (unpaired) electrons. The Kier molecular flexibility index (Phi) is 3.29. The van der Waals surface area contributed by atoms with E-state index in [0.29, 0.717) is 10.9 Å². The first kappa shape index (κ1) is 10.9. The van der Waals surface area contributed by atoms with E-state index in [-0.39, 0.29) is 6.04 Å². The molecule has 1 aliphatic carbocycles. The third kappa shape index (κ3) is 2.17. The normalized spacial score (nSPS) is 20.7. The number of nitrogens with two attached hydrogens (primary N) is 1. The standard InChI is InChI=1S/C12H16ClNO/c13-10-7-2-1-6-9(10)11(14)12(15)8-4-3-5-8/h1-2,6-8,11-12,15H,3-5,14H2/t11-,12+/m1/s1. The Bertz CT molecular complexity index is 338. The predicted molar refractivity (Wildman–Crippen MR) is 61.7 cm³/mol. The number of benzene rings is 1. The highest BCUT2D eigenvalue weighted by Crippen LogP contribution is 2.35. The number of aliphatic hydroxyl groups is 1. The summed E-state index contributed by atoms with van der Waals surface area (Å²) in [5.74, 6) is 0.358. The smallest absolute Gasteiger partial charge is 0.0761 e. The summed E-state index contributed by atoms with van der Waals surface area (Å²) in [6.45, 7) is 0. The van der Waals surface area contributed by atoms with Gasteiger partial charge in [-0.05, 0) is 30.4 Å². The minimum atomic E-state index is -0.460. The molecule has 0 bridgehead atoms. The van der Waals surface area contributed by atoms with Crippen LogP contribution in [-0.2, 0) is 0 Å². The summed E-state index contributed by atoms with van der Waals surface area (Å²) in [6, 6.07) is 7.10. The lowest BCUT2D eigenvalue weighted by atomic mass is 9.77. The SMILES string of the molecule is N[C@H](c1ccccc1Cl)[C@@H](O)C1CCC1. The second-order valence-corrected chi connectivity index (χ2v) is 4.64. The molecule has 0 spiro atoms. The van der Waals surface area contributed by atoms with Crippen molar-refractivity contribution in [1.82, 2.24) is 0 Å². The van der Waals surface area contributed by atoms with Crippen LogP contribution in [0.5, 0.6) is 0 Å². The summed E-state index contributed by atoms with van der Waals surface area (Å²) in [7, 11) is 0. The van der Waals surface area contributed by atoms with E-state index in [1.807, 2.05) is 24.3 Å². The third-order valence-corrected chi connectivity index (χ3v) is 3.61. The first-order chi connectivity index (χ1) is 7.20. The largest absolute Gasteiger partial charge is 0.391 e. The Morgan fingerprint density at radius 2 is 2.00 bits per heavy atom. The minimum absolute atomic E-state index is 0.357. The van der Waals surface area contributed by atoms with Crippen LogP contribution in [0.4, 0.5) is 0 Å². The summed E-state index contributed by atoms with van der Waals surface area (Å²) in [4.78, 5) is 0. The summed E-state index contributed by atoms with van der Waals surface area (Å²) in [5.41, 5.74) is 6.86. The van der Waals surface area contributed by atoms with Crippen molar-refractivity contribution in [2.45, 2.75) is 31.4 Å². The molecule has 0 aliphatic heterocycles. The van der Waals surface area contributed by atoms with E-state index in [2.05, 4.69) is 0 Å². The Labute approximate surface area is 95.1 Å². The molecule has 0 aromatic heterocycles. The Hall–Kier alpha value is -0.570. The zero-order valence-corrected chi connectivity index (χ0v) is 9.32. The van der Waals surface area contributed by atoms with Gasteiger partial charge in [0, 0.05) is 5.02 Å². The first-order valence-corrected chi connectivity index (χ1v) is 5.76. The number of aliphatic hydroxyl groups excluding tert-OH is 1. The van der Waals surface area contributed by atoms with Crippen molar-refractivity contribution in [1.29, 1.82) is 0 Å². The molecule has 1 fully saturated rings. The molecule has 3 heteroatoms. The maximum atomic E-state index is 10.0. The molecule has 1 aliphatic rings. The fourth-order valence-corrected chi connectivity index (χ4v) is 2.27. The van der Waals surface area contributed by atoms with Crippen LogP contribution >= 0.6 is 11.6 Å². The van der Waals surface area contributed by atoms with Gasteiger partial charge in [0.1, 0.15) is 0 Å². The van der Waals surface area contributed by atoms with Crippen molar-refractivity contribution in [2.75, 3.05) is 0 Å². The molecule has 0 saturated heterocycles. The van der Waals surface area contributed by atoms with E-state index < -0.39 is 6.10 Å². The molecule has 15 heavy (non-hydrogen) atoms. The Morgan fingerprint density at radius 1 is 1.33 bits per heavy atom. The maximum absolute atomic E-state index is 10.0. The van der Waals surface area contributed by atoms with Gasteiger partial charge in [0.25, 0.3) is 0 Å². The number of halogens is 1. The predicted octanol–water partition coefficient (Wildman–Crippen LogP) is 2.50. The molecule has 1 aromatic rings. The van der Waals surface area contributed by atoms with E-state index in [0.717, 1.165) is 18.4 Å². The number of hydrogen-bond donors (Lipinski definition) is 2. The highest BCUT2D eigenvalue weighted by atomic mass is 35.5. The Morgan fingerprint density at radius 3 is 2.53 bits per heavy atom. The van der Waals surface area contributed by atoms with E-state index >= 15 is 0 Å². The average molecular weight is 226 g/mol. The zero-order chi connectivity index (χ0) is 10.8. The zero-order valence-electron chi connectivity index (χ0n) is 8.57. The lowest BCUT2D eigenvalue weighted by Crippen LogP contribution is -2.36. The molecule has 2 nitrogen and oxygen atoms in total. The summed E-state index contributed by atoms with van der Waals surface area (Å²) in [6.07, 6.45) is 2.91. The van der Waals surface area contributed by atoms with Crippen LogP contribution < -0.4 is 5.73 Å². The van der Waals surface area contributed by atoms with Crippen LogP contribution in [0.25, 0.3) is 0 Å². The van der Waals surface area contributed by atoms with E-state index in [4.69, 9.17) is 17.3 Å². The molecule has 1 saturated carbocycles. The van der Waals surface area contributed by atoms with Gasteiger partial charge in [0.15, 0.2) is 0 Å². The molecule has 0 unspecified atom stereocenters. The fraction of sp³-hybridized carbons (Fsp3) is 0.500. The van der Waals surface area contributed by atoms with Gasteiger partial charge in [-0.25, -0.2) is 0 Å². The monoisotopic (exact) mass is 225 g/mol. The van der Waals surface area contributed by atoms with Gasteiger partial charge in [-0.1, -0.05) is 36.2 Å². The molecular formula is C12H16ClNO. The molecule has 2 rings (SSSR count). The van der Waals surface area contributed by atoms with Gasteiger partial charge < -0.3 is 10.8 Å². The van der Waals surface area contributed by atoms with Crippen molar-refractivity contribution in [3.05, 3.63) is 34.9 Å². The van der Waals surface area contributed by atoms with Gasteiger partial charge in [0.05, 0.1) is 12.1 Å². The van der Waals surface area contributed by atoms with E-state index in [1.54, 1.807) is 0 Å². The molecule has 3 N–H and O–H groups in total. The molecule has 0 heterocycles. The van der Waals surface area contributed by atoms with Crippen molar-refractivity contribution in [3.8, 4) is 0 Å². The van der Waals surface area contributed by atoms with Crippen molar-refractivity contribution in [3.63, 3.8) is 0 Å². The van der Waals surface area contributed by atoms with Crippen molar-refractivity contribution < 1.29 is 5.11 Å². The van der Waals surface area contributed by atoms with Crippen LogP contribution in [0.3, 0.4) is 0 Å². The van der Waals surface area contributed by atoms with Crippen molar-refractivity contribution in [2.24, 2.45) is 11.7 Å². The highest BCUT2D eigenvalue weighted by molar-refractivity contribution is 6.31. The second kappa shape index (κ2) is 4.52. The number of hydrogen-bond acceptors (Lipinski definition) is 2. The van der Waals surface area contributed by atoms with Crippen LogP contribution in [0, 0.1) is 5.92 Å². The van der Waals surface area contributed by atoms with Gasteiger partial charge in [-0.3, -0.25) is 0 Å². The minimum Gasteiger partial charge on any atom is -0.391 e. The molecule has 2 atom stereocenters. The van der Waals surface area contributed by atoms with Crippen LogP contribution in [0.15, 0.2) is 24.3 Å². The first-order valence-electron chi connectivity index (χ1n) is 5.38. The fourth-order valence-electron chi connectivity index (χ4n) is 2.00. The lowest BCUT2D eigenvalue weighted by Gasteiger charge is -2.34. The maximum Gasteiger partial charge on any atom is 0.0761 e. The van der Waals surface area contributed by atoms with Gasteiger partial charge in [-0.2, -0.15) is 0 Å². The summed E-state index contributed by atoms with van der Waals surface area (Å²) < 4.78 is 0. The number of rotatable bonds is 3. The molecule has 82 valence electrons. The molecule has 1 aromatic carbocycles. The van der Waals surface area contributed by atoms with E-state index in [9.17, 15) is 5.11 Å². The summed E-state index contributed by atoms with van der Waals surface area (Å²) in [5, 5.41) is 10.7. The van der Waals surface area contributed by atoms with Gasteiger partial charge >= 0.3 is 0 Å². The highest BCUT2D eigenvalue weighted by Gasteiger charge is 2.31. The van der Waals surface area contributed by atoms with Gasteiger partial charge in [-0.15, -0.1) is 0 Å². The Balaban J connectivity index is 2.12. The lowest BCUT2D eigenvalue weighted by molar-refractivity contribution is 0.0414. The molecule has 0 amide bonds. The van der Waals surface area contributed by atoms with Gasteiger partial charge in [0.2, 0.25) is 0 Å². The van der Waals surface area contributed by atoms with Crippen LogP contribution in [0.1, 0.15) is 30.9 Å². The van der Waals surface area contributed by atoms with Crippen molar-refractivity contribution >= 4 is 11.6 Å². The topological polar surface area (TPSA) is 46.2 Å². The van der Waals surface area contributed by atoms with Crippen LogP contribution in [0.2, 0.25) is 5.02 Å². The average Bonchev–Trinajstić information content (AvgIpc) is 2.15. The van der Waals surface area contributed by atoms with E-state index in [1.165, 1.54) is 6.42 Å². The second-order valence-electron chi connectivity index (χ2n) is 4.23. The third-order valence-electron chi connectivity index (χ3n) is 3.27. The quantitative estimate of drug-likeness (QED) is 0.831. The molecular weight excluding hydrogens is 210 g/mol. The summed E-state index contributed by atoms with van der Waals surface area (Å²) >= 11 is 6.04.